The molecule has 0 amide bonds. The molecule has 0 heterocycles. The van der Waals surface area contributed by atoms with Gasteiger partial charge in [0.15, 0.2) is 0 Å². The lowest BCUT2D eigenvalue weighted by Crippen LogP contribution is -2.06. The topological polar surface area (TPSA) is 0 Å². The van der Waals surface area contributed by atoms with E-state index >= 15 is 0 Å². The summed E-state index contributed by atoms with van der Waals surface area (Å²) in [6.45, 7) is 12.5. The molecule has 78 valence electrons. The normalized spacial score (nSPS) is 16.5. The fourth-order valence-corrected chi connectivity index (χ4v) is 1.04. The second kappa shape index (κ2) is 4.78. The van der Waals surface area contributed by atoms with E-state index in [4.69, 9.17) is 0 Å². The number of hydrogen-bond donors (Lipinski definition) is 0. The largest absolute Gasteiger partial charge is 0.212 e. The monoisotopic (exact) mass is 186 g/mol. The maximum atomic E-state index is 13.4. The second-order valence-corrected chi connectivity index (χ2v) is 5.45. The minimum absolute atomic E-state index is 0.0358. The van der Waals surface area contributed by atoms with Crippen LogP contribution in [0.5, 0.6) is 0 Å². The van der Waals surface area contributed by atoms with Gasteiger partial charge in [-0.15, -0.1) is 0 Å². The molecule has 0 aliphatic heterocycles. The van der Waals surface area contributed by atoms with Gasteiger partial charge < -0.3 is 0 Å². The van der Waals surface area contributed by atoms with Crippen LogP contribution in [0.15, 0.2) is 11.9 Å². The van der Waals surface area contributed by atoms with Gasteiger partial charge in [0.25, 0.3) is 0 Å². The quantitative estimate of drug-likeness (QED) is 0.605. The number of hydrogen-bond acceptors (Lipinski definition) is 0. The van der Waals surface area contributed by atoms with Crippen molar-refractivity contribution in [3.8, 4) is 0 Å². The Morgan fingerprint density at radius 2 is 1.69 bits per heavy atom. The van der Waals surface area contributed by atoms with Crippen molar-refractivity contribution in [2.75, 3.05) is 0 Å². The standard InChI is InChI=1S/C12H23F/c1-9(2)10(3)7-11(13)8-12(4,5)6/h7,9-10H,8H2,1-6H3. The molecule has 13 heavy (non-hydrogen) atoms. The first-order chi connectivity index (χ1) is 5.72. The zero-order valence-corrected chi connectivity index (χ0v) is 9.82. The summed E-state index contributed by atoms with van der Waals surface area (Å²) in [4.78, 5) is 0. The van der Waals surface area contributed by atoms with Gasteiger partial charge >= 0.3 is 0 Å². The zero-order chi connectivity index (χ0) is 10.6. The fourth-order valence-electron chi connectivity index (χ4n) is 1.04. The van der Waals surface area contributed by atoms with E-state index in [0.29, 0.717) is 18.3 Å². The highest BCUT2D eigenvalue weighted by Crippen LogP contribution is 2.26. The van der Waals surface area contributed by atoms with Gasteiger partial charge in [-0.2, -0.15) is 0 Å². The van der Waals surface area contributed by atoms with Gasteiger partial charge in [0.05, 0.1) is 5.83 Å². The van der Waals surface area contributed by atoms with Crippen molar-refractivity contribution in [2.45, 2.75) is 48.0 Å². The van der Waals surface area contributed by atoms with E-state index in [9.17, 15) is 4.39 Å². The van der Waals surface area contributed by atoms with E-state index in [1.807, 2.05) is 0 Å². The van der Waals surface area contributed by atoms with Gasteiger partial charge in [0.2, 0.25) is 0 Å². The molecule has 0 bridgehead atoms. The van der Waals surface area contributed by atoms with Crippen molar-refractivity contribution in [3.05, 3.63) is 11.9 Å². The second-order valence-electron chi connectivity index (χ2n) is 5.45. The third-order valence-electron chi connectivity index (χ3n) is 2.19. The summed E-state index contributed by atoms with van der Waals surface area (Å²) in [5.74, 6) is 0.891. The van der Waals surface area contributed by atoms with E-state index in [0.717, 1.165) is 0 Å². The first kappa shape index (κ1) is 12.7. The third kappa shape index (κ3) is 6.80. The van der Waals surface area contributed by atoms with Crippen LogP contribution < -0.4 is 0 Å². The average Bonchev–Trinajstić information content (AvgIpc) is 1.81. The molecule has 1 heteroatoms. The predicted octanol–water partition coefficient (Wildman–Crippen LogP) is 4.57. The summed E-state index contributed by atoms with van der Waals surface area (Å²) in [7, 11) is 0. The summed E-state index contributed by atoms with van der Waals surface area (Å²) in [5, 5.41) is 0. The van der Waals surface area contributed by atoms with E-state index in [1.54, 1.807) is 6.08 Å². The molecule has 0 fully saturated rings. The first-order valence-electron chi connectivity index (χ1n) is 5.08. The fraction of sp³-hybridized carbons (Fsp3) is 0.833. The zero-order valence-electron chi connectivity index (χ0n) is 9.82. The molecule has 0 saturated heterocycles. The van der Waals surface area contributed by atoms with Gasteiger partial charge in [-0.3, -0.25) is 0 Å². The molecule has 0 saturated carbocycles. The van der Waals surface area contributed by atoms with Crippen LogP contribution in [0.4, 0.5) is 4.39 Å². The smallest absolute Gasteiger partial charge is 0.0967 e. The lowest BCUT2D eigenvalue weighted by molar-refractivity contribution is 0.363. The van der Waals surface area contributed by atoms with Crippen LogP contribution in [-0.2, 0) is 0 Å². The van der Waals surface area contributed by atoms with Crippen LogP contribution in [0.3, 0.4) is 0 Å². The molecule has 1 unspecified atom stereocenters. The summed E-state index contributed by atoms with van der Waals surface area (Å²) in [6, 6.07) is 0. The Morgan fingerprint density at radius 1 is 1.23 bits per heavy atom. The SMILES string of the molecule is CC(C)C(C)C=C(F)CC(C)(C)C. The van der Waals surface area contributed by atoms with E-state index in [-0.39, 0.29) is 11.2 Å². The average molecular weight is 186 g/mol. The molecular weight excluding hydrogens is 163 g/mol. The molecular formula is C12H23F. The van der Waals surface area contributed by atoms with Crippen molar-refractivity contribution < 1.29 is 4.39 Å². The highest BCUT2D eigenvalue weighted by Gasteiger charge is 2.14. The van der Waals surface area contributed by atoms with Gasteiger partial charge in [-0.05, 0) is 23.3 Å². The minimum Gasteiger partial charge on any atom is -0.212 e. The maximum Gasteiger partial charge on any atom is 0.0967 e. The highest BCUT2D eigenvalue weighted by molar-refractivity contribution is 4.98. The Morgan fingerprint density at radius 3 is 2.00 bits per heavy atom. The van der Waals surface area contributed by atoms with Gasteiger partial charge in [-0.1, -0.05) is 41.5 Å². The minimum atomic E-state index is 0.0358. The summed E-state index contributed by atoms with van der Waals surface area (Å²) in [6.07, 6.45) is 2.31. The molecule has 0 aromatic rings. The molecule has 0 aliphatic rings. The van der Waals surface area contributed by atoms with Crippen LogP contribution in [0.2, 0.25) is 0 Å². The Balaban J connectivity index is 4.17. The summed E-state index contributed by atoms with van der Waals surface area (Å²) >= 11 is 0. The molecule has 0 nitrogen and oxygen atoms in total. The molecule has 0 spiro atoms. The van der Waals surface area contributed by atoms with E-state index in [1.165, 1.54) is 0 Å². The lowest BCUT2D eigenvalue weighted by Gasteiger charge is -2.18. The number of halogens is 1. The van der Waals surface area contributed by atoms with Crippen molar-refractivity contribution in [1.29, 1.82) is 0 Å². The lowest BCUT2D eigenvalue weighted by atomic mass is 9.89. The molecule has 0 aliphatic carbocycles. The van der Waals surface area contributed by atoms with Crippen molar-refractivity contribution in [2.24, 2.45) is 17.3 Å². The molecule has 0 N–H and O–H groups in total. The first-order valence-corrected chi connectivity index (χ1v) is 5.08. The molecule has 1 atom stereocenters. The Labute approximate surface area is 82.2 Å². The number of allylic oxidation sites excluding steroid dienone is 2. The Bertz CT molecular complexity index is 172. The Kier molecular flexibility index (Phi) is 4.66. The molecule has 0 aromatic heterocycles. The van der Waals surface area contributed by atoms with Crippen molar-refractivity contribution in [1.82, 2.24) is 0 Å². The van der Waals surface area contributed by atoms with Crippen LogP contribution in [0, 0.1) is 17.3 Å². The van der Waals surface area contributed by atoms with E-state index in [2.05, 4.69) is 41.5 Å². The molecule has 0 aromatic carbocycles. The molecule has 0 radical (unpaired) electrons. The van der Waals surface area contributed by atoms with Gasteiger partial charge in [0, 0.05) is 6.42 Å². The summed E-state index contributed by atoms with van der Waals surface area (Å²) < 4.78 is 13.4. The highest BCUT2D eigenvalue weighted by atomic mass is 19.1. The Hall–Kier alpha value is -0.330. The van der Waals surface area contributed by atoms with E-state index < -0.39 is 0 Å². The third-order valence-corrected chi connectivity index (χ3v) is 2.19. The summed E-state index contributed by atoms with van der Waals surface area (Å²) in [5.41, 5.74) is 0.0529. The van der Waals surface area contributed by atoms with Crippen LogP contribution in [0.25, 0.3) is 0 Å². The number of rotatable bonds is 3. The van der Waals surface area contributed by atoms with Crippen molar-refractivity contribution in [3.63, 3.8) is 0 Å². The van der Waals surface area contributed by atoms with Crippen LogP contribution >= 0.6 is 0 Å². The van der Waals surface area contributed by atoms with Gasteiger partial charge in [0.1, 0.15) is 0 Å². The predicted molar refractivity (Wildman–Crippen MR) is 57.3 cm³/mol. The van der Waals surface area contributed by atoms with Crippen LogP contribution in [-0.4, -0.2) is 0 Å². The van der Waals surface area contributed by atoms with Crippen molar-refractivity contribution >= 4 is 0 Å². The van der Waals surface area contributed by atoms with Gasteiger partial charge in [-0.25, -0.2) is 4.39 Å². The molecule has 0 rings (SSSR count). The maximum absolute atomic E-state index is 13.4. The van der Waals surface area contributed by atoms with Crippen LogP contribution in [0.1, 0.15) is 48.0 Å².